The minimum atomic E-state index is -0.871. The third kappa shape index (κ3) is 6.55. The Morgan fingerprint density at radius 3 is 2.74 bits per heavy atom. The van der Waals surface area contributed by atoms with Crippen LogP contribution in [0.3, 0.4) is 0 Å². The van der Waals surface area contributed by atoms with Gasteiger partial charge in [-0.25, -0.2) is 0 Å². The third-order valence-electron chi connectivity index (χ3n) is 2.66. The molecule has 0 spiro atoms. The standard InChI is InChI=1S/C14H20N2O3/c1-10-5-3-6-12(15-10)9-11(2)16-13(17)7-4-8-14(18)19/h3,5-6,11H,4,7-9H2,1-2H3,(H,16,17)(H,18,19)/t11-/m0/s1. The first kappa shape index (κ1) is 15.1. The van der Waals surface area contributed by atoms with Crippen molar-refractivity contribution in [2.45, 2.75) is 45.6 Å². The van der Waals surface area contributed by atoms with Crippen molar-refractivity contribution < 1.29 is 14.7 Å². The van der Waals surface area contributed by atoms with E-state index in [-0.39, 0.29) is 24.8 Å². The van der Waals surface area contributed by atoms with Crippen LogP contribution in [0.1, 0.15) is 37.6 Å². The Bertz CT molecular complexity index is 446. The lowest BCUT2D eigenvalue weighted by atomic mass is 10.1. The van der Waals surface area contributed by atoms with Crippen molar-refractivity contribution in [2.24, 2.45) is 0 Å². The van der Waals surface area contributed by atoms with Gasteiger partial charge in [0, 0.05) is 36.7 Å². The van der Waals surface area contributed by atoms with Crippen molar-refractivity contribution in [1.82, 2.24) is 10.3 Å². The highest BCUT2D eigenvalue weighted by atomic mass is 16.4. The van der Waals surface area contributed by atoms with Crippen LogP contribution in [0.4, 0.5) is 0 Å². The van der Waals surface area contributed by atoms with E-state index in [1.54, 1.807) is 0 Å². The van der Waals surface area contributed by atoms with E-state index in [0.29, 0.717) is 12.8 Å². The maximum Gasteiger partial charge on any atom is 0.303 e. The maximum atomic E-state index is 11.6. The summed E-state index contributed by atoms with van der Waals surface area (Å²) in [4.78, 5) is 26.3. The molecular formula is C14H20N2O3. The van der Waals surface area contributed by atoms with Gasteiger partial charge in [-0.3, -0.25) is 14.6 Å². The van der Waals surface area contributed by atoms with E-state index in [1.807, 2.05) is 32.0 Å². The fourth-order valence-corrected chi connectivity index (χ4v) is 1.83. The summed E-state index contributed by atoms with van der Waals surface area (Å²) in [5.41, 5.74) is 1.90. The van der Waals surface area contributed by atoms with E-state index in [4.69, 9.17) is 5.11 Å². The normalized spacial score (nSPS) is 11.9. The van der Waals surface area contributed by atoms with E-state index in [0.717, 1.165) is 11.4 Å². The largest absolute Gasteiger partial charge is 0.481 e. The number of aryl methyl sites for hydroxylation is 1. The first-order valence-electron chi connectivity index (χ1n) is 6.41. The summed E-state index contributed by atoms with van der Waals surface area (Å²) in [5.74, 6) is -0.980. The summed E-state index contributed by atoms with van der Waals surface area (Å²) in [7, 11) is 0. The average molecular weight is 264 g/mol. The number of amides is 1. The second kappa shape index (κ2) is 7.51. The summed E-state index contributed by atoms with van der Waals surface area (Å²) in [6.45, 7) is 3.84. The first-order valence-corrected chi connectivity index (χ1v) is 6.41. The number of carbonyl (C=O) groups excluding carboxylic acids is 1. The Kier molecular flexibility index (Phi) is 5.99. The molecule has 1 atom stereocenters. The van der Waals surface area contributed by atoms with Gasteiger partial charge in [0.25, 0.3) is 0 Å². The lowest BCUT2D eigenvalue weighted by Crippen LogP contribution is -2.34. The van der Waals surface area contributed by atoms with Gasteiger partial charge >= 0.3 is 5.97 Å². The van der Waals surface area contributed by atoms with E-state index in [9.17, 15) is 9.59 Å². The van der Waals surface area contributed by atoms with Crippen LogP contribution in [0.2, 0.25) is 0 Å². The molecule has 0 unspecified atom stereocenters. The van der Waals surface area contributed by atoms with Crippen molar-refractivity contribution >= 4 is 11.9 Å². The topological polar surface area (TPSA) is 79.3 Å². The molecule has 1 aromatic heterocycles. The van der Waals surface area contributed by atoms with Crippen LogP contribution < -0.4 is 5.32 Å². The zero-order valence-electron chi connectivity index (χ0n) is 11.3. The van der Waals surface area contributed by atoms with Crippen LogP contribution in [0, 0.1) is 6.92 Å². The van der Waals surface area contributed by atoms with Crippen LogP contribution in [0.25, 0.3) is 0 Å². The predicted molar refractivity (Wildman–Crippen MR) is 71.8 cm³/mol. The van der Waals surface area contributed by atoms with Gasteiger partial charge in [-0.1, -0.05) is 6.07 Å². The van der Waals surface area contributed by atoms with E-state index >= 15 is 0 Å². The number of pyridine rings is 1. The van der Waals surface area contributed by atoms with Crippen LogP contribution in [0.15, 0.2) is 18.2 Å². The van der Waals surface area contributed by atoms with E-state index < -0.39 is 5.97 Å². The van der Waals surface area contributed by atoms with Gasteiger partial charge < -0.3 is 10.4 Å². The Hall–Kier alpha value is -1.91. The van der Waals surface area contributed by atoms with Gasteiger partial charge in [-0.15, -0.1) is 0 Å². The number of carboxylic acids is 1. The zero-order valence-corrected chi connectivity index (χ0v) is 11.3. The fraction of sp³-hybridized carbons (Fsp3) is 0.500. The molecule has 1 heterocycles. The van der Waals surface area contributed by atoms with Gasteiger partial charge in [0.15, 0.2) is 0 Å². The molecule has 19 heavy (non-hydrogen) atoms. The lowest BCUT2D eigenvalue weighted by molar-refractivity contribution is -0.137. The molecule has 0 saturated carbocycles. The third-order valence-corrected chi connectivity index (χ3v) is 2.66. The number of rotatable bonds is 7. The van der Waals surface area contributed by atoms with Crippen LogP contribution >= 0.6 is 0 Å². The van der Waals surface area contributed by atoms with Crippen LogP contribution in [-0.2, 0) is 16.0 Å². The number of nitrogens with one attached hydrogen (secondary N) is 1. The van der Waals surface area contributed by atoms with Gasteiger partial charge in [-0.2, -0.15) is 0 Å². The fourth-order valence-electron chi connectivity index (χ4n) is 1.83. The summed E-state index contributed by atoms with van der Waals surface area (Å²) in [6, 6.07) is 5.80. The van der Waals surface area contributed by atoms with Gasteiger partial charge in [0.05, 0.1) is 0 Å². The molecule has 5 nitrogen and oxygen atoms in total. The van der Waals surface area contributed by atoms with Crippen molar-refractivity contribution in [1.29, 1.82) is 0 Å². The number of hydrogen-bond acceptors (Lipinski definition) is 3. The number of aliphatic carboxylic acids is 1. The molecule has 0 bridgehead atoms. The highest BCUT2D eigenvalue weighted by Crippen LogP contribution is 2.03. The zero-order chi connectivity index (χ0) is 14.3. The molecular weight excluding hydrogens is 244 g/mol. The summed E-state index contributed by atoms with van der Waals surface area (Å²) in [6.07, 6.45) is 1.32. The quantitative estimate of drug-likeness (QED) is 0.785. The van der Waals surface area contributed by atoms with Gasteiger partial charge in [0.1, 0.15) is 0 Å². The average Bonchev–Trinajstić information content (AvgIpc) is 2.27. The first-order chi connectivity index (χ1) is 8.97. The minimum Gasteiger partial charge on any atom is -0.481 e. The molecule has 0 saturated heterocycles. The Morgan fingerprint density at radius 1 is 1.37 bits per heavy atom. The number of hydrogen-bond donors (Lipinski definition) is 2. The number of carboxylic acid groups (broad SMARTS) is 1. The maximum absolute atomic E-state index is 11.6. The monoisotopic (exact) mass is 264 g/mol. The molecule has 1 amide bonds. The molecule has 0 aromatic carbocycles. The summed E-state index contributed by atoms with van der Waals surface area (Å²) in [5, 5.41) is 11.3. The Morgan fingerprint density at radius 2 is 2.11 bits per heavy atom. The Labute approximate surface area is 113 Å². The molecule has 0 aliphatic carbocycles. The molecule has 0 fully saturated rings. The lowest BCUT2D eigenvalue weighted by Gasteiger charge is -2.13. The molecule has 0 aliphatic heterocycles. The second-order valence-electron chi connectivity index (χ2n) is 4.69. The second-order valence-corrected chi connectivity index (χ2v) is 4.69. The summed E-state index contributed by atoms with van der Waals surface area (Å²) >= 11 is 0. The van der Waals surface area contributed by atoms with Gasteiger partial charge in [0.2, 0.25) is 5.91 Å². The van der Waals surface area contributed by atoms with E-state index in [2.05, 4.69) is 10.3 Å². The SMILES string of the molecule is Cc1cccc(C[C@H](C)NC(=O)CCCC(=O)O)n1. The molecule has 1 aromatic rings. The van der Waals surface area contributed by atoms with Gasteiger partial charge in [-0.05, 0) is 32.4 Å². The van der Waals surface area contributed by atoms with Crippen molar-refractivity contribution in [3.63, 3.8) is 0 Å². The van der Waals surface area contributed by atoms with Crippen LogP contribution in [0.5, 0.6) is 0 Å². The van der Waals surface area contributed by atoms with Crippen molar-refractivity contribution in [3.05, 3.63) is 29.6 Å². The smallest absolute Gasteiger partial charge is 0.303 e. The predicted octanol–water partition coefficient (Wildman–Crippen LogP) is 1.69. The number of aromatic nitrogens is 1. The number of nitrogens with zero attached hydrogens (tertiary/aromatic N) is 1. The number of carbonyl (C=O) groups is 2. The molecule has 104 valence electrons. The molecule has 0 radical (unpaired) electrons. The van der Waals surface area contributed by atoms with Crippen LogP contribution in [-0.4, -0.2) is 28.0 Å². The highest BCUT2D eigenvalue weighted by molar-refractivity contribution is 5.77. The summed E-state index contributed by atoms with van der Waals surface area (Å²) < 4.78 is 0. The molecule has 1 rings (SSSR count). The van der Waals surface area contributed by atoms with Crippen molar-refractivity contribution in [3.8, 4) is 0 Å². The highest BCUT2D eigenvalue weighted by Gasteiger charge is 2.09. The molecule has 5 heteroatoms. The van der Waals surface area contributed by atoms with Crippen molar-refractivity contribution in [2.75, 3.05) is 0 Å². The Balaban J connectivity index is 2.32. The molecule has 0 aliphatic rings. The minimum absolute atomic E-state index is 0.00775. The van der Waals surface area contributed by atoms with E-state index in [1.165, 1.54) is 0 Å². The molecule has 2 N–H and O–H groups in total.